The molecule has 0 radical (unpaired) electrons. The van der Waals surface area contributed by atoms with Crippen molar-refractivity contribution in [3.05, 3.63) is 53.3 Å². The first-order chi connectivity index (χ1) is 13.6. The highest BCUT2D eigenvalue weighted by Gasteiger charge is 2.26. The van der Waals surface area contributed by atoms with E-state index in [4.69, 9.17) is 4.74 Å². The Morgan fingerprint density at radius 1 is 1.32 bits per heavy atom. The molecule has 2 aromatic heterocycles. The summed E-state index contributed by atoms with van der Waals surface area (Å²) in [6, 6.07) is 9.71. The molecule has 3 aromatic rings. The first kappa shape index (κ1) is 18.5. The molecule has 6 heteroatoms. The molecule has 0 amide bonds. The molecule has 1 saturated carbocycles. The van der Waals surface area contributed by atoms with Gasteiger partial charge < -0.3 is 19.7 Å². The fourth-order valence-electron chi connectivity index (χ4n) is 3.70. The molecule has 0 saturated heterocycles. The molecule has 0 bridgehead atoms. The van der Waals surface area contributed by atoms with E-state index in [1.165, 1.54) is 11.1 Å². The number of hydrogen-bond acceptors (Lipinski definition) is 4. The third kappa shape index (κ3) is 3.73. The van der Waals surface area contributed by atoms with Gasteiger partial charge in [0.05, 0.1) is 5.52 Å². The maximum Gasteiger partial charge on any atom is 0.339 e. The number of carbonyl (C=O) groups is 1. The average molecular weight is 379 g/mol. The Morgan fingerprint density at radius 3 is 2.86 bits per heavy atom. The molecule has 1 aromatic carbocycles. The molecule has 2 heterocycles. The van der Waals surface area contributed by atoms with Gasteiger partial charge in [0.25, 0.3) is 0 Å². The summed E-state index contributed by atoms with van der Waals surface area (Å²) in [6.07, 6.45) is 6.11. The molecule has 6 nitrogen and oxygen atoms in total. The predicted molar refractivity (Wildman–Crippen MR) is 110 cm³/mol. The first-order valence-corrected chi connectivity index (χ1v) is 9.65. The number of aryl methyl sites for hydroxylation is 2. The Hall–Kier alpha value is -2.86. The van der Waals surface area contributed by atoms with Crippen LogP contribution in [0.1, 0.15) is 46.8 Å². The van der Waals surface area contributed by atoms with Crippen molar-refractivity contribution in [2.75, 3.05) is 19.0 Å². The maximum atomic E-state index is 11.7. The lowest BCUT2D eigenvalue weighted by molar-refractivity contribution is 0.0697. The lowest BCUT2D eigenvalue weighted by atomic mass is 10.0. The van der Waals surface area contributed by atoms with E-state index in [1.807, 2.05) is 25.4 Å². The summed E-state index contributed by atoms with van der Waals surface area (Å²) < 4.78 is 7.32. The molecular formula is C22H25N3O3. The highest BCUT2D eigenvalue weighted by Crippen LogP contribution is 2.40. The standard InChI is InChI=1S/C22H25N3O3/c1-25-10-9-16-13-17(12-15(20(16)25)4-3-11-28-2)23-21-18(22(26)27)7-8-19(24-21)14-5-6-14/h7-10,12-14H,3-6,11H2,1-2H3,(H,23,24)(H,26,27). The van der Waals surface area contributed by atoms with Crippen LogP contribution >= 0.6 is 0 Å². The van der Waals surface area contributed by atoms with Gasteiger partial charge in [-0.05, 0) is 61.6 Å². The average Bonchev–Trinajstić information content (AvgIpc) is 3.45. The number of fused-ring (bicyclic) bond motifs is 1. The van der Waals surface area contributed by atoms with Crippen LogP contribution in [0.25, 0.3) is 10.9 Å². The van der Waals surface area contributed by atoms with E-state index < -0.39 is 5.97 Å². The molecule has 4 rings (SSSR count). The minimum atomic E-state index is -0.974. The van der Waals surface area contributed by atoms with Gasteiger partial charge in [0, 0.05) is 49.6 Å². The zero-order valence-electron chi connectivity index (χ0n) is 16.2. The number of pyridine rings is 1. The van der Waals surface area contributed by atoms with Crippen molar-refractivity contribution >= 4 is 28.4 Å². The number of aromatic carboxylic acids is 1. The summed E-state index contributed by atoms with van der Waals surface area (Å²) in [5.74, 6) is -0.0990. The number of hydrogen-bond donors (Lipinski definition) is 2. The maximum absolute atomic E-state index is 11.7. The van der Waals surface area contributed by atoms with Gasteiger partial charge in [-0.3, -0.25) is 0 Å². The van der Waals surface area contributed by atoms with E-state index in [-0.39, 0.29) is 5.56 Å². The van der Waals surface area contributed by atoms with Crippen molar-refractivity contribution in [2.45, 2.75) is 31.6 Å². The van der Waals surface area contributed by atoms with Crippen LogP contribution in [-0.4, -0.2) is 34.3 Å². The number of nitrogens with zero attached hydrogens (tertiary/aromatic N) is 2. The molecule has 1 aliphatic carbocycles. The number of aromatic nitrogens is 2. The highest BCUT2D eigenvalue weighted by molar-refractivity contribution is 5.95. The second-order valence-electron chi connectivity index (χ2n) is 7.43. The molecule has 28 heavy (non-hydrogen) atoms. The van der Waals surface area contributed by atoms with E-state index in [0.717, 1.165) is 42.5 Å². The Morgan fingerprint density at radius 2 is 2.14 bits per heavy atom. The Balaban J connectivity index is 1.71. The normalized spacial score (nSPS) is 13.8. The van der Waals surface area contributed by atoms with Crippen LogP contribution in [0.15, 0.2) is 36.5 Å². The molecular weight excluding hydrogens is 354 g/mol. The van der Waals surface area contributed by atoms with Gasteiger partial charge in [-0.1, -0.05) is 0 Å². The number of carboxylic acid groups (broad SMARTS) is 1. The van der Waals surface area contributed by atoms with Gasteiger partial charge >= 0.3 is 5.97 Å². The third-order valence-corrected chi connectivity index (χ3v) is 5.25. The molecule has 0 atom stereocenters. The summed E-state index contributed by atoms with van der Waals surface area (Å²) in [4.78, 5) is 16.3. The third-order valence-electron chi connectivity index (χ3n) is 5.25. The van der Waals surface area contributed by atoms with Crippen LogP contribution < -0.4 is 5.32 Å². The van der Waals surface area contributed by atoms with Crippen LogP contribution in [0.2, 0.25) is 0 Å². The number of methoxy groups -OCH3 is 1. The number of nitrogens with one attached hydrogen (secondary N) is 1. The topological polar surface area (TPSA) is 76.4 Å². The predicted octanol–water partition coefficient (Wildman–Crippen LogP) is 4.47. The number of ether oxygens (including phenoxy) is 1. The van der Waals surface area contributed by atoms with Gasteiger partial charge in [0.2, 0.25) is 0 Å². The summed E-state index contributed by atoms with van der Waals surface area (Å²) in [6.45, 7) is 0.706. The lowest BCUT2D eigenvalue weighted by Gasteiger charge is -2.13. The first-order valence-electron chi connectivity index (χ1n) is 9.65. The van der Waals surface area contributed by atoms with E-state index in [1.54, 1.807) is 13.2 Å². The summed E-state index contributed by atoms with van der Waals surface area (Å²) in [7, 11) is 3.75. The molecule has 146 valence electrons. The van der Waals surface area contributed by atoms with Crippen LogP contribution in [0.4, 0.5) is 11.5 Å². The second-order valence-corrected chi connectivity index (χ2v) is 7.43. The van der Waals surface area contributed by atoms with E-state index in [0.29, 0.717) is 18.3 Å². The largest absolute Gasteiger partial charge is 0.478 e. The monoisotopic (exact) mass is 379 g/mol. The van der Waals surface area contributed by atoms with Gasteiger partial charge in [0.15, 0.2) is 0 Å². The van der Waals surface area contributed by atoms with Gasteiger partial charge in [-0.2, -0.15) is 0 Å². The lowest BCUT2D eigenvalue weighted by Crippen LogP contribution is -2.07. The van der Waals surface area contributed by atoms with Crippen LogP contribution in [0.3, 0.4) is 0 Å². The minimum absolute atomic E-state index is 0.193. The summed E-state index contributed by atoms with van der Waals surface area (Å²) in [5.41, 5.74) is 4.42. The smallest absolute Gasteiger partial charge is 0.339 e. The van der Waals surface area contributed by atoms with Crippen molar-refractivity contribution < 1.29 is 14.6 Å². The van der Waals surface area contributed by atoms with Gasteiger partial charge in [-0.15, -0.1) is 0 Å². The number of anilines is 2. The molecule has 0 spiro atoms. The SMILES string of the molecule is COCCCc1cc(Nc2nc(C3CC3)ccc2C(=O)O)cc2ccn(C)c12. The van der Waals surface area contributed by atoms with Crippen molar-refractivity contribution in [3.63, 3.8) is 0 Å². The fourth-order valence-corrected chi connectivity index (χ4v) is 3.70. The van der Waals surface area contributed by atoms with Gasteiger partial charge in [0.1, 0.15) is 11.4 Å². The Labute approximate surface area is 164 Å². The van der Waals surface area contributed by atoms with E-state index >= 15 is 0 Å². The molecule has 0 aliphatic heterocycles. The number of benzene rings is 1. The Bertz CT molecular complexity index is 1020. The minimum Gasteiger partial charge on any atom is -0.478 e. The van der Waals surface area contributed by atoms with Gasteiger partial charge in [-0.25, -0.2) is 9.78 Å². The molecule has 1 fully saturated rings. The van der Waals surface area contributed by atoms with Crippen molar-refractivity contribution in [1.29, 1.82) is 0 Å². The van der Waals surface area contributed by atoms with Crippen LogP contribution in [0, 0.1) is 0 Å². The van der Waals surface area contributed by atoms with Crippen molar-refractivity contribution in [1.82, 2.24) is 9.55 Å². The zero-order chi connectivity index (χ0) is 19.7. The van der Waals surface area contributed by atoms with Crippen molar-refractivity contribution in [2.24, 2.45) is 7.05 Å². The highest BCUT2D eigenvalue weighted by atomic mass is 16.5. The zero-order valence-corrected chi connectivity index (χ0v) is 16.2. The Kier molecular flexibility index (Phi) is 5.05. The number of carboxylic acids is 1. The quantitative estimate of drug-likeness (QED) is 0.565. The van der Waals surface area contributed by atoms with E-state index in [2.05, 4.69) is 27.0 Å². The molecule has 2 N–H and O–H groups in total. The fraction of sp³-hybridized carbons (Fsp3) is 0.364. The van der Waals surface area contributed by atoms with Crippen molar-refractivity contribution in [3.8, 4) is 0 Å². The van der Waals surface area contributed by atoms with Crippen LogP contribution in [-0.2, 0) is 18.2 Å². The summed E-state index contributed by atoms with van der Waals surface area (Å²) in [5, 5.41) is 14.0. The second kappa shape index (κ2) is 7.64. The molecule has 0 unspecified atom stereocenters. The number of rotatable bonds is 8. The van der Waals surface area contributed by atoms with E-state index in [9.17, 15) is 9.90 Å². The molecule has 1 aliphatic rings. The van der Waals surface area contributed by atoms with Crippen LogP contribution in [0.5, 0.6) is 0 Å². The summed E-state index contributed by atoms with van der Waals surface area (Å²) >= 11 is 0.